The predicted octanol–water partition coefficient (Wildman–Crippen LogP) is 1.05. The van der Waals surface area contributed by atoms with E-state index in [1.165, 1.54) is 6.07 Å². The Morgan fingerprint density at radius 2 is 2.05 bits per heavy atom. The summed E-state index contributed by atoms with van der Waals surface area (Å²) in [4.78, 5) is 14.0. The van der Waals surface area contributed by atoms with Crippen LogP contribution in [0.5, 0.6) is 0 Å². The zero-order valence-corrected chi connectivity index (χ0v) is 10.4. The Balaban J connectivity index is 2.25. The molecule has 1 aromatic carbocycles. The molecule has 0 atom stereocenters. The Labute approximate surface area is 108 Å². The first kappa shape index (κ1) is 13.2. The molecule has 0 unspecified atom stereocenters. The molecule has 0 aliphatic carbocycles. The van der Waals surface area contributed by atoms with E-state index in [1.807, 2.05) is 0 Å². The number of nitrogens with one attached hydrogen (secondary N) is 2. The number of nitrogens with two attached hydrogens (primary N) is 1. The van der Waals surface area contributed by atoms with Crippen LogP contribution in [0.4, 0.5) is 10.1 Å². The quantitative estimate of drug-likeness (QED) is 0.784. The SMILES string of the molecule is NS(=O)(=O)c1ccc(NC(=O)c2ccc[nH]2)c(F)c1. The number of amides is 1. The molecule has 4 N–H and O–H groups in total. The minimum absolute atomic E-state index is 0.132. The molecule has 1 heterocycles. The van der Waals surface area contributed by atoms with Crippen LogP contribution in [-0.2, 0) is 10.0 Å². The summed E-state index contributed by atoms with van der Waals surface area (Å²) in [5, 5.41) is 7.18. The smallest absolute Gasteiger partial charge is 0.272 e. The summed E-state index contributed by atoms with van der Waals surface area (Å²) in [6.45, 7) is 0. The molecule has 8 heteroatoms. The summed E-state index contributed by atoms with van der Waals surface area (Å²) in [6, 6.07) is 6.14. The lowest BCUT2D eigenvalue weighted by atomic mass is 10.3. The van der Waals surface area contributed by atoms with Gasteiger partial charge in [-0.2, -0.15) is 0 Å². The largest absolute Gasteiger partial charge is 0.357 e. The van der Waals surface area contributed by atoms with E-state index in [-0.39, 0.29) is 16.3 Å². The lowest BCUT2D eigenvalue weighted by Crippen LogP contribution is -2.15. The molecule has 1 aromatic heterocycles. The van der Waals surface area contributed by atoms with E-state index >= 15 is 0 Å². The normalized spacial score (nSPS) is 11.3. The van der Waals surface area contributed by atoms with Gasteiger partial charge in [0.15, 0.2) is 0 Å². The Morgan fingerprint density at radius 1 is 1.32 bits per heavy atom. The van der Waals surface area contributed by atoms with Crippen molar-refractivity contribution < 1.29 is 17.6 Å². The van der Waals surface area contributed by atoms with Gasteiger partial charge in [0.25, 0.3) is 5.91 Å². The van der Waals surface area contributed by atoms with Gasteiger partial charge >= 0.3 is 0 Å². The third kappa shape index (κ3) is 2.98. The van der Waals surface area contributed by atoms with Crippen molar-refractivity contribution in [2.24, 2.45) is 5.14 Å². The number of primary sulfonamides is 1. The van der Waals surface area contributed by atoms with E-state index < -0.39 is 21.7 Å². The van der Waals surface area contributed by atoms with Crippen molar-refractivity contribution in [2.75, 3.05) is 5.32 Å². The Morgan fingerprint density at radius 3 is 2.58 bits per heavy atom. The summed E-state index contributed by atoms with van der Waals surface area (Å²) < 4.78 is 35.7. The molecule has 0 aliphatic heterocycles. The van der Waals surface area contributed by atoms with Gasteiger partial charge in [0.05, 0.1) is 10.6 Å². The number of H-pyrrole nitrogens is 1. The van der Waals surface area contributed by atoms with E-state index in [0.29, 0.717) is 0 Å². The monoisotopic (exact) mass is 283 g/mol. The van der Waals surface area contributed by atoms with Crippen LogP contribution in [0.15, 0.2) is 41.4 Å². The fourth-order valence-corrected chi connectivity index (χ4v) is 1.96. The van der Waals surface area contributed by atoms with Gasteiger partial charge < -0.3 is 10.3 Å². The molecular formula is C11H10FN3O3S. The van der Waals surface area contributed by atoms with E-state index in [4.69, 9.17) is 5.14 Å². The number of halogens is 1. The summed E-state index contributed by atoms with van der Waals surface area (Å²) in [5.74, 6) is -1.42. The second kappa shape index (κ2) is 4.82. The maximum atomic E-state index is 13.6. The molecule has 0 spiro atoms. The molecule has 0 radical (unpaired) electrons. The molecule has 0 fully saturated rings. The lowest BCUT2D eigenvalue weighted by Gasteiger charge is -2.06. The van der Waals surface area contributed by atoms with Crippen molar-refractivity contribution in [3.63, 3.8) is 0 Å². The van der Waals surface area contributed by atoms with Gasteiger partial charge in [0.2, 0.25) is 10.0 Å². The van der Waals surface area contributed by atoms with Gasteiger partial charge in [-0.1, -0.05) is 0 Å². The van der Waals surface area contributed by atoms with Crippen LogP contribution in [0, 0.1) is 5.82 Å². The number of carbonyl (C=O) groups is 1. The van der Waals surface area contributed by atoms with Crippen LogP contribution >= 0.6 is 0 Å². The zero-order chi connectivity index (χ0) is 14.0. The van der Waals surface area contributed by atoms with Crippen molar-refractivity contribution >= 4 is 21.6 Å². The number of hydrogen-bond donors (Lipinski definition) is 3. The number of hydrogen-bond acceptors (Lipinski definition) is 3. The fraction of sp³-hybridized carbons (Fsp3) is 0. The number of aromatic nitrogens is 1. The maximum Gasteiger partial charge on any atom is 0.272 e. The predicted molar refractivity (Wildman–Crippen MR) is 66.5 cm³/mol. The van der Waals surface area contributed by atoms with Crippen LogP contribution in [0.2, 0.25) is 0 Å². The average molecular weight is 283 g/mol. The minimum atomic E-state index is -3.97. The van der Waals surface area contributed by atoms with Crippen molar-refractivity contribution in [3.05, 3.63) is 48.0 Å². The molecule has 19 heavy (non-hydrogen) atoms. The number of sulfonamides is 1. The highest BCUT2D eigenvalue weighted by Gasteiger charge is 2.14. The Kier molecular flexibility index (Phi) is 3.36. The molecular weight excluding hydrogens is 273 g/mol. The van der Waals surface area contributed by atoms with Gasteiger partial charge in [0.1, 0.15) is 11.5 Å². The van der Waals surface area contributed by atoms with Gasteiger partial charge in [0, 0.05) is 6.20 Å². The minimum Gasteiger partial charge on any atom is -0.357 e. The Hall–Kier alpha value is -2.19. The van der Waals surface area contributed by atoms with Crippen molar-refractivity contribution in [2.45, 2.75) is 4.90 Å². The van der Waals surface area contributed by atoms with Crippen molar-refractivity contribution in [3.8, 4) is 0 Å². The van der Waals surface area contributed by atoms with Crippen molar-refractivity contribution in [1.29, 1.82) is 0 Å². The van der Waals surface area contributed by atoms with E-state index in [1.54, 1.807) is 12.3 Å². The van der Waals surface area contributed by atoms with Gasteiger partial charge in [-0.25, -0.2) is 17.9 Å². The second-order valence-electron chi connectivity index (χ2n) is 3.72. The van der Waals surface area contributed by atoms with Crippen LogP contribution < -0.4 is 10.5 Å². The number of carbonyl (C=O) groups excluding carboxylic acids is 1. The first-order valence-corrected chi connectivity index (χ1v) is 6.69. The van der Waals surface area contributed by atoms with Gasteiger partial charge in [-0.15, -0.1) is 0 Å². The lowest BCUT2D eigenvalue weighted by molar-refractivity contribution is 0.102. The molecule has 6 nitrogen and oxygen atoms in total. The van der Waals surface area contributed by atoms with E-state index in [9.17, 15) is 17.6 Å². The first-order valence-electron chi connectivity index (χ1n) is 5.15. The summed E-state index contributed by atoms with van der Waals surface area (Å²) in [5.41, 5.74) is 0.127. The third-order valence-electron chi connectivity index (χ3n) is 2.36. The van der Waals surface area contributed by atoms with Crippen LogP contribution in [0.3, 0.4) is 0 Å². The highest BCUT2D eigenvalue weighted by Crippen LogP contribution is 2.18. The van der Waals surface area contributed by atoms with E-state index in [2.05, 4.69) is 10.3 Å². The van der Waals surface area contributed by atoms with Gasteiger partial charge in [-0.05, 0) is 30.3 Å². The molecule has 0 saturated heterocycles. The number of anilines is 1. The van der Waals surface area contributed by atoms with Gasteiger partial charge in [-0.3, -0.25) is 4.79 Å². The molecule has 1 amide bonds. The standard InChI is InChI=1S/C11H10FN3O3S/c12-8-6-7(19(13,17)18)3-4-9(8)15-11(16)10-2-1-5-14-10/h1-6,14H,(H,15,16)(H2,13,17,18). The van der Waals surface area contributed by atoms with Crippen molar-refractivity contribution in [1.82, 2.24) is 4.98 Å². The second-order valence-corrected chi connectivity index (χ2v) is 5.29. The maximum absolute atomic E-state index is 13.6. The molecule has 2 rings (SSSR count). The molecule has 0 aliphatic rings. The molecule has 100 valence electrons. The number of aromatic amines is 1. The number of rotatable bonds is 3. The topological polar surface area (TPSA) is 105 Å². The zero-order valence-electron chi connectivity index (χ0n) is 9.55. The van der Waals surface area contributed by atoms with Crippen LogP contribution in [0.25, 0.3) is 0 Å². The average Bonchev–Trinajstić information content (AvgIpc) is 2.84. The highest BCUT2D eigenvalue weighted by molar-refractivity contribution is 7.89. The summed E-state index contributed by atoms with van der Waals surface area (Å²) in [7, 11) is -3.97. The molecule has 0 saturated carbocycles. The fourth-order valence-electron chi connectivity index (χ4n) is 1.44. The number of benzene rings is 1. The van der Waals surface area contributed by atoms with E-state index in [0.717, 1.165) is 18.2 Å². The summed E-state index contributed by atoms with van der Waals surface area (Å²) in [6.07, 6.45) is 1.55. The molecule has 2 aromatic rings. The highest BCUT2D eigenvalue weighted by atomic mass is 32.2. The van der Waals surface area contributed by atoms with Crippen LogP contribution in [-0.4, -0.2) is 19.3 Å². The Bertz CT molecular complexity index is 711. The molecule has 0 bridgehead atoms. The third-order valence-corrected chi connectivity index (χ3v) is 3.27. The van der Waals surface area contributed by atoms with Crippen LogP contribution in [0.1, 0.15) is 10.5 Å². The first-order chi connectivity index (χ1) is 8.88. The summed E-state index contributed by atoms with van der Waals surface area (Å²) >= 11 is 0.